The summed E-state index contributed by atoms with van der Waals surface area (Å²) in [6.07, 6.45) is 6.15. The molecule has 4 rings (SSSR count). The largest absolute Gasteiger partial charge is 0.333 e. The molecule has 8 heteroatoms. The Morgan fingerprint density at radius 1 is 1.26 bits per heavy atom. The Balaban J connectivity index is 1.60. The van der Waals surface area contributed by atoms with E-state index in [2.05, 4.69) is 32.4 Å². The van der Waals surface area contributed by atoms with E-state index in [1.807, 2.05) is 11.4 Å². The fraction of sp³-hybridized carbons (Fsp3) is 0.600. The lowest BCUT2D eigenvalue weighted by Gasteiger charge is -2.33. The van der Waals surface area contributed by atoms with Crippen LogP contribution in [0.2, 0.25) is 0 Å². The fourth-order valence-electron chi connectivity index (χ4n) is 3.91. The Kier molecular flexibility index (Phi) is 3.86. The van der Waals surface area contributed by atoms with Gasteiger partial charge in [0.25, 0.3) is 5.91 Å². The molecule has 0 aliphatic carbocycles. The molecule has 0 saturated carbocycles. The average Bonchev–Trinajstić information content (AvgIpc) is 3.31. The third-order valence-corrected chi connectivity index (χ3v) is 5.91. The Hall–Kier alpha value is -1.80. The topological polar surface area (TPSA) is 67.2 Å². The van der Waals surface area contributed by atoms with Crippen molar-refractivity contribution in [2.75, 3.05) is 20.1 Å². The first kappa shape index (κ1) is 14.8. The summed E-state index contributed by atoms with van der Waals surface area (Å²) in [4.78, 5) is 18.3. The molecule has 2 aliphatic heterocycles. The average molecular weight is 332 g/mol. The first-order valence-electron chi connectivity index (χ1n) is 8.08. The van der Waals surface area contributed by atoms with Crippen molar-refractivity contribution in [2.45, 2.75) is 37.8 Å². The number of tetrazole rings is 1. The predicted molar refractivity (Wildman–Crippen MR) is 86.7 cm³/mol. The number of amides is 1. The second-order valence-corrected chi connectivity index (χ2v) is 7.20. The van der Waals surface area contributed by atoms with E-state index in [9.17, 15) is 4.79 Å². The smallest absolute Gasteiger partial charge is 0.266 e. The molecular weight excluding hydrogens is 312 g/mol. The SMILES string of the molecule is CN1CCC[C@H]1[C@H]1CCCN1C(=O)c1sccc1-n1cnnn1. The number of thiophene rings is 1. The number of nitrogens with zero attached hydrogens (tertiary/aromatic N) is 6. The van der Waals surface area contributed by atoms with Crippen molar-refractivity contribution in [3.8, 4) is 5.69 Å². The molecule has 2 fully saturated rings. The van der Waals surface area contributed by atoms with Gasteiger partial charge < -0.3 is 9.80 Å². The van der Waals surface area contributed by atoms with Gasteiger partial charge in [-0.15, -0.1) is 16.4 Å². The maximum Gasteiger partial charge on any atom is 0.266 e. The normalized spacial score (nSPS) is 25.3. The van der Waals surface area contributed by atoms with Crippen LogP contribution in [0.3, 0.4) is 0 Å². The molecule has 0 radical (unpaired) electrons. The van der Waals surface area contributed by atoms with E-state index in [0.717, 1.165) is 36.5 Å². The van der Waals surface area contributed by atoms with Crippen molar-refractivity contribution in [1.82, 2.24) is 30.0 Å². The van der Waals surface area contributed by atoms with E-state index in [1.54, 1.807) is 4.68 Å². The Morgan fingerprint density at radius 2 is 2.09 bits per heavy atom. The van der Waals surface area contributed by atoms with E-state index < -0.39 is 0 Å². The van der Waals surface area contributed by atoms with Crippen LogP contribution >= 0.6 is 11.3 Å². The number of rotatable bonds is 3. The van der Waals surface area contributed by atoms with Gasteiger partial charge in [0.15, 0.2) is 0 Å². The highest BCUT2D eigenvalue weighted by Crippen LogP contribution is 2.32. The van der Waals surface area contributed by atoms with Gasteiger partial charge in [0.2, 0.25) is 0 Å². The first-order chi connectivity index (χ1) is 11.3. The summed E-state index contributed by atoms with van der Waals surface area (Å²) in [5.74, 6) is 0.119. The minimum Gasteiger partial charge on any atom is -0.333 e. The molecule has 0 aromatic carbocycles. The molecule has 1 amide bonds. The number of likely N-dealkylation sites (N-methyl/N-ethyl adjacent to an activating group) is 1. The van der Waals surface area contributed by atoms with Crippen LogP contribution in [-0.4, -0.2) is 68.1 Å². The summed E-state index contributed by atoms with van der Waals surface area (Å²) in [7, 11) is 2.18. The standard InChI is InChI=1S/C15H20N6OS/c1-19-7-2-4-11(19)12-5-3-8-20(12)15(22)14-13(6-9-23-14)21-10-16-17-18-21/h6,9-12H,2-5,7-8H2,1H3/t11-,12+/m0/s1. The van der Waals surface area contributed by atoms with Gasteiger partial charge in [0.1, 0.15) is 11.2 Å². The van der Waals surface area contributed by atoms with Crippen LogP contribution in [0.15, 0.2) is 17.8 Å². The van der Waals surface area contributed by atoms with Crippen molar-refractivity contribution >= 4 is 17.2 Å². The Bertz CT molecular complexity index is 684. The van der Waals surface area contributed by atoms with Crippen LogP contribution in [-0.2, 0) is 0 Å². The fourth-order valence-corrected chi connectivity index (χ4v) is 4.75. The molecule has 2 saturated heterocycles. The summed E-state index contributed by atoms with van der Waals surface area (Å²) in [6.45, 7) is 1.98. The molecule has 2 atom stereocenters. The van der Waals surface area contributed by atoms with Gasteiger partial charge in [0, 0.05) is 18.6 Å². The highest BCUT2D eigenvalue weighted by atomic mass is 32.1. The monoisotopic (exact) mass is 332 g/mol. The minimum absolute atomic E-state index is 0.119. The number of carbonyl (C=O) groups is 1. The highest BCUT2D eigenvalue weighted by Gasteiger charge is 2.39. The molecule has 0 spiro atoms. The summed E-state index contributed by atoms with van der Waals surface area (Å²) in [5, 5.41) is 13.2. The van der Waals surface area contributed by atoms with Crippen LogP contribution in [0.5, 0.6) is 0 Å². The van der Waals surface area contributed by atoms with Gasteiger partial charge in [-0.2, -0.15) is 4.68 Å². The lowest BCUT2D eigenvalue weighted by atomic mass is 10.0. The lowest BCUT2D eigenvalue weighted by molar-refractivity contribution is 0.0669. The first-order valence-corrected chi connectivity index (χ1v) is 8.96. The third kappa shape index (κ3) is 2.55. The van der Waals surface area contributed by atoms with Gasteiger partial charge in [-0.1, -0.05) is 0 Å². The van der Waals surface area contributed by atoms with Crippen molar-refractivity contribution in [3.05, 3.63) is 22.7 Å². The molecule has 122 valence electrons. The zero-order chi connectivity index (χ0) is 15.8. The molecule has 23 heavy (non-hydrogen) atoms. The van der Waals surface area contributed by atoms with Crippen molar-refractivity contribution in [1.29, 1.82) is 0 Å². The molecule has 2 aliphatic rings. The van der Waals surface area contributed by atoms with Crippen molar-refractivity contribution < 1.29 is 4.79 Å². The number of hydrogen-bond acceptors (Lipinski definition) is 6. The van der Waals surface area contributed by atoms with E-state index >= 15 is 0 Å². The van der Waals surface area contributed by atoms with Crippen LogP contribution in [0.25, 0.3) is 5.69 Å². The molecule has 0 N–H and O–H groups in total. The molecule has 2 aromatic rings. The van der Waals surface area contributed by atoms with Crippen LogP contribution in [0.4, 0.5) is 0 Å². The van der Waals surface area contributed by atoms with Crippen LogP contribution < -0.4 is 0 Å². The van der Waals surface area contributed by atoms with Gasteiger partial charge in [-0.05, 0) is 61.1 Å². The number of hydrogen-bond donors (Lipinski definition) is 0. The Labute approximate surface area is 138 Å². The minimum atomic E-state index is 0.119. The van der Waals surface area contributed by atoms with E-state index in [-0.39, 0.29) is 5.91 Å². The summed E-state index contributed by atoms with van der Waals surface area (Å²) < 4.78 is 1.57. The number of likely N-dealkylation sites (tertiary alicyclic amines) is 2. The highest BCUT2D eigenvalue weighted by molar-refractivity contribution is 7.12. The maximum atomic E-state index is 13.1. The number of aromatic nitrogens is 4. The molecule has 0 bridgehead atoms. The van der Waals surface area contributed by atoms with E-state index in [4.69, 9.17) is 0 Å². The van der Waals surface area contributed by atoms with Gasteiger partial charge >= 0.3 is 0 Å². The lowest BCUT2D eigenvalue weighted by Crippen LogP contribution is -2.47. The summed E-state index contributed by atoms with van der Waals surface area (Å²) in [6, 6.07) is 2.73. The maximum absolute atomic E-state index is 13.1. The van der Waals surface area contributed by atoms with Gasteiger partial charge in [0.05, 0.1) is 5.69 Å². The predicted octanol–water partition coefficient (Wildman–Crippen LogP) is 1.42. The second-order valence-electron chi connectivity index (χ2n) is 6.29. The number of carbonyl (C=O) groups excluding carboxylic acids is 1. The summed E-state index contributed by atoms with van der Waals surface area (Å²) in [5.41, 5.74) is 0.774. The molecule has 4 heterocycles. The molecule has 0 unspecified atom stereocenters. The quantitative estimate of drug-likeness (QED) is 0.850. The van der Waals surface area contributed by atoms with E-state index in [1.165, 1.54) is 30.5 Å². The van der Waals surface area contributed by atoms with Gasteiger partial charge in [-0.3, -0.25) is 4.79 Å². The molecule has 7 nitrogen and oxygen atoms in total. The van der Waals surface area contributed by atoms with E-state index in [0.29, 0.717) is 12.1 Å². The molecule has 2 aromatic heterocycles. The Morgan fingerprint density at radius 3 is 2.83 bits per heavy atom. The zero-order valence-electron chi connectivity index (χ0n) is 13.1. The van der Waals surface area contributed by atoms with Crippen molar-refractivity contribution in [2.24, 2.45) is 0 Å². The summed E-state index contributed by atoms with van der Waals surface area (Å²) >= 11 is 1.47. The van der Waals surface area contributed by atoms with Crippen molar-refractivity contribution in [3.63, 3.8) is 0 Å². The van der Waals surface area contributed by atoms with Crippen LogP contribution in [0.1, 0.15) is 35.4 Å². The zero-order valence-corrected chi connectivity index (χ0v) is 13.9. The second kappa shape index (κ2) is 6.01. The van der Waals surface area contributed by atoms with Crippen LogP contribution in [0, 0.1) is 0 Å². The third-order valence-electron chi connectivity index (χ3n) is 5.02. The van der Waals surface area contributed by atoms with Gasteiger partial charge in [-0.25, -0.2) is 0 Å². The molecular formula is C15H20N6OS.